The van der Waals surface area contributed by atoms with Crippen molar-refractivity contribution < 1.29 is 9.47 Å². The first-order valence-electron chi connectivity index (χ1n) is 7.72. The highest BCUT2D eigenvalue weighted by Crippen LogP contribution is 2.35. The molecular weight excluding hydrogens is 340 g/mol. The van der Waals surface area contributed by atoms with Crippen LogP contribution in [0.2, 0.25) is 5.02 Å². The maximum Gasteiger partial charge on any atom is 0.231 e. The highest BCUT2D eigenvalue weighted by atomic mass is 35.5. The molecule has 2 aromatic carbocycles. The topological polar surface area (TPSA) is 82.3 Å². The number of halogens is 1. The fraction of sp³-hybridized carbons (Fsp3) is 0.111. The predicted molar refractivity (Wildman–Crippen MR) is 96.2 cm³/mol. The lowest BCUT2D eigenvalue weighted by atomic mass is 10.1. The summed E-state index contributed by atoms with van der Waals surface area (Å²) in [6.45, 7) is 0.551. The molecule has 3 N–H and O–H groups in total. The van der Waals surface area contributed by atoms with Crippen molar-refractivity contribution in [2.75, 3.05) is 12.1 Å². The van der Waals surface area contributed by atoms with Crippen LogP contribution in [0.3, 0.4) is 0 Å². The van der Waals surface area contributed by atoms with E-state index in [1.54, 1.807) is 12.1 Å². The van der Waals surface area contributed by atoms with Gasteiger partial charge >= 0.3 is 0 Å². The van der Waals surface area contributed by atoms with Crippen LogP contribution in [0.1, 0.15) is 5.69 Å². The minimum atomic E-state index is 0.236. The zero-order valence-corrected chi connectivity index (χ0v) is 14.0. The fourth-order valence-corrected chi connectivity index (χ4v) is 2.65. The number of ether oxygens (including phenoxy) is 2. The van der Waals surface area contributed by atoms with Crippen LogP contribution in [-0.2, 0) is 6.54 Å². The lowest BCUT2D eigenvalue weighted by molar-refractivity contribution is 0.174. The zero-order valence-electron chi connectivity index (χ0n) is 13.2. The lowest BCUT2D eigenvalue weighted by Gasteiger charge is -2.10. The van der Waals surface area contributed by atoms with Gasteiger partial charge in [-0.25, -0.2) is 9.97 Å². The van der Waals surface area contributed by atoms with Crippen LogP contribution in [0.15, 0.2) is 48.5 Å². The van der Waals surface area contributed by atoms with E-state index in [2.05, 4.69) is 15.3 Å². The first kappa shape index (κ1) is 15.7. The Labute approximate surface area is 149 Å². The van der Waals surface area contributed by atoms with E-state index < -0.39 is 0 Å². The van der Waals surface area contributed by atoms with Crippen LogP contribution < -0.4 is 20.5 Å². The number of fused-ring (bicyclic) bond motifs is 1. The second-order valence-corrected chi connectivity index (χ2v) is 5.91. The number of nitrogens with one attached hydrogen (secondary N) is 1. The number of nitrogens with two attached hydrogens (primary N) is 1. The van der Waals surface area contributed by atoms with Gasteiger partial charge in [-0.05, 0) is 48.5 Å². The molecule has 25 heavy (non-hydrogen) atoms. The summed E-state index contributed by atoms with van der Waals surface area (Å²) in [6.07, 6.45) is 0. The van der Waals surface area contributed by atoms with Crippen LogP contribution in [0.25, 0.3) is 11.3 Å². The van der Waals surface area contributed by atoms with E-state index in [0.29, 0.717) is 23.3 Å². The summed E-state index contributed by atoms with van der Waals surface area (Å²) in [5.41, 5.74) is 9.03. The van der Waals surface area contributed by atoms with Crippen molar-refractivity contribution in [3.05, 3.63) is 59.2 Å². The molecule has 0 aliphatic carbocycles. The molecule has 0 fully saturated rings. The van der Waals surface area contributed by atoms with Gasteiger partial charge in [-0.2, -0.15) is 0 Å². The van der Waals surface area contributed by atoms with E-state index in [0.717, 1.165) is 28.4 Å². The standard InChI is InChI=1S/C18H15ClN4O2/c19-12-2-4-13(5-3-12)21-18-22-14(9-20)8-15(23-18)11-1-6-16-17(7-11)25-10-24-16/h1-8H,9-10,20H2,(H,21,22,23). The predicted octanol–water partition coefficient (Wildman–Crippen LogP) is 3.73. The molecule has 1 aliphatic rings. The van der Waals surface area contributed by atoms with Gasteiger partial charge in [0.1, 0.15) is 0 Å². The fourth-order valence-electron chi connectivity index (χ4n) is 2.52. The minimum absolute atomic E-state index is 0.236. The Balaban J connectivity index is 1.69. The van der Waals surface area contributed by atoms with E-state index in [9.17, 15) is 0 Å². The Morgan fingerprint density at radius 1 is 1.00 bits per heavy atom. The van der Waals surface area contributed by atoms with Crippen molar-refractivity contribution in [1.82, 2.24) is 9.97 Å². The number of benzene rings is 2. The first-order valence-corrected chi connectivity index (χ1v) is 8.10. The second kappa shape index (κ2) is 6.58. The lowest BCUT2D eigenvalue weighted by Crippen LogP contribution is -2.05. The average Bonchev–Trinajstić information content (AvgIpc) is 3.11. The molecule has 0 atom stereocenters. The van der Waals surface area contributed by atoms with Gasteiger partial charge in [-0.3, -0.25) is 0 Å². The monoisotopic (exact) mass is 354 g/mol. The van der Waals surface area contributed by atoms with Gasteiger partial charge in [0.15, 0.2) is 11.5 Å². The quantitative estimate of drug-likeness (QED) is 0.743. The summed E-state index contributed by atoms with van der Waals surface area (Å²) in [5.74, 6) is 1.91. The van der Waals surface area contributed by atoms with Crippen LogP contribution in [0, 0.1) is 0 Å². The van der Waals surface area contributed by atoms with Crippen LogP contribution in [0.4, 0.5) is 11.6 Å². The normalized spacial score (nSPS) is 12.2. The molecule has 6 nitrogen and oxygen atoms in total. The third-order valence-electron chi connectivity index (χ3n) is 3.76. The summed E-state index contributed by atoms with van der Waals surface area (Å²) in [4.78, 5) is 9.02. The smallest absolute Gasteiger partial charge is 0.231 e. The molecule has 1 aromatic heterocycles. The molecule has 0 amide bonds. The van der Waals surface area contributed by atoms with Gasteiger partial charge in [0.05, 0.1) is 11.4 Å². The number of anilines is 2. The number of rotatable bonds is 4. The Hall–Kier alpha value is -2.83. The summed E-state index contributed by atoms with van der Waals surface area (Å²) >= 11 is 5.92. The van der Waals surface area contributed by atoms with Crippen molar-refractivity contribution >= 4 is 23.2 Å². The molecule has 0 spiro atoms. The van der Waals surface area contributed by atoms with Crippen molar-refractivity contribution in [3.63, 3.8) is 0 Å². The second-order valence-electron chi connectivity index (χ2n) is 5.47. The Morgan fingerprint density at radius 2 is 1.80 bits per heavy atom. The van der Waals surface area contributed by atoms with Gasteiger partial charge in [0.25, 0.3) is 0 Å². The van der Waals surface area contributed by atoms with Crippen LogP contribution in [0.5, 0.6) is 11.5 Å². The third-order valence-corrected chi connectivity index (χ3v) is 4.01. The van der Waals surface area contributed by atoms with E-state index in [4.69, 9.17) is 26.8 Å². The van der Waals surface area contributed by atoms with Gasteiger partial charge < -0.3 is 20.5 Å². The van der Waals surface area contributed by atoms with E-state index in [1.807, 2.05) is 36.4 Å². The summed E-state index contributed by atoms with van der Waals surface area (Å²) in [7, 11) is 0. The molecule has 1 aliphatic heterocycles. The summed E-state index contributed by atoms with van der Waals surface area (Å²) in [6, 6.07) is 14.9. The maximum atomic E-state index is 5.92. The van der Waals surface area contributed by atoms with Crippen molar-refractivity contribution in [1.29, 1.82) is 0 Å². The molecule has 4 rings (SSSR count). The van der Waals surface area contributed by atoms with Crippen LogP contribution in [-0.4, -0.2) is 16.8 Å². The summed E-state index contributed by atoms with van der Waals surface area (Å²) < 4.78 is 10.8. The molecule has 0 unspecified atom stereocenters. The molecule has 0 saturated heterocycles. The Kier molecular flexibility index (Phi) is 4.13. The molecule has 3 aromatic rings. The number of nitrogens with zero attached hydrogens (tertiary/aromatic N) is 2. The number of hydrogen-bond donors (Lipinski definition) is 2. The molecule has 126 valence electrons. The van der Waals surface area contributed by atoms with Gasteiger partial charge in [0, 0.05) is 22.8 Å². The zero-order chi connectivity index (χ0) is 17.2. The highest BCUT2D eigenvalue weighted by Gasteiger charge is 2.15. The highest BCUT2D eigenvalue weighted by molar-refractivity contribution is 6.30. The number of hydrogen-bond acceptors (Lipinski definition) is 6. The molecule has 7 heteroatoms. The van der Waals surface area contributed by atoms with E-state index in [-0.39, 0.29) is 6.79 Å². The average molecular weight is 355 g/mol. The number of aromatic nitrogens is 2. The molecule has 2 heterocycles. The molecular formula is C18H15ClN4O2. The van der Waals surface area contributed by atoms with Crippen LogP contribution >= 0.6 is 11.6 Å². The summed E-state index contributed by atoms with van der Waals surface area (Å²) in [5, 5.41) is 3.85. The van der Waals surface area contributed by atoms with Gasteiger partial charge in [-0.1, -0.05) is 11.6 Å². The maximum absolute atomic E-state index is 5.92. The van der Waals surface area contributed by atoms with Crippen molar-refractivity contribution in [2.24, 2.45) is 5.73 Å². The van der Waals surface area contributed by atoms with Gasteiger partial charge in [0.2, 0.25) is 12.7 Å². The largest absolute Gasteiger partial charge is 0.454 e. The molecule has 0 saturated carbocycles. The van der Waals surface area contributed by atoms with E-state index in [1.165, 1.54) is 0 Å². The molecule has 0 bridgehead atoms. The molecule has 0 radical (unpaired) electrons. The third kappa shape index (κ3) is 3.35. The minimum Gasteiger partial charge on any atom is -0.454 e. The van der Waals surface area contributed by atoms with Gasteiger partial charge in [-0.15, -0.1) is 0 Å². The van der Waals surface area contributed by atoms with E-state index >= 15 is 0 Å². The Morgan fingerprint density at radius 3 is 2.60 bits per heavy atom. The Bertz CT molecular complexity index is 915. The van der Waals surface area contributed by atoms with Crippen molar-refractivity contribution in [2.45, 2.75) is 6.54 Å². The first-order chi connectivity index (χ1) is 12.2. The SMILES string of the molecule is NCc1cc(-c2ccc3c(c2)OCO3)nc(Nc2ccc(Cl)cc2)n1. The van der Waals surface area contributed by atoms with Crippen molar-refractivity contribution in [3.8, 4) is 22.8 Å².